The van der Waals surface area contributed by atoms with Gasteiger partial charge in [0.05, 0.1) is 13.6 Å². The predicted molar refractivity (Wildman–Crippen MR) is 154 cm³/mol. The van der Waals surface area contributed by atoms with Crippen molar-refractivity contribution in [2.75, 3.05) is 0 Å². The van der Waals surface area contributed by atoms with E-state index in [0.717, 1.165) is 16.2 Å². The molecule has 3 aromatic carbocycles. The van der Waals surface area contributed by atoms with Gasteiger partial charge in [-0.3, -0.25) is 4.79 Å². The molecule has 0 fully saturated rings. The number of rotatable bonds is 8. The standard InChI is InChI=1S/C30H40NO2PSi/c1-22(2)31(23(3)4)30(32)29-27(24(5)35(6,7)8)20-15-21-28(29)34(33,25-16-11-9-12-17-25)26-18-13-10-14-19-26/h9-24H,1-8H3/t24-/m0/s1. The van der Waals surface area contributed by atoms with Gasteiger partial charge in [0.15, 0.2) is 7.14 Å². The minimum Gasteiger partial charge on any atom is -0.334 e. The van der Waals surface area contributed by atoms with Crippen molar-refractivity contribution >= 4 is 37.0 Å². The van der Waals surface area contributed by atoms with E-state index in [9.17, 15) is 4.79 Å². The monoisotopic (exact) mass is 505 g/mol. The van der Waals surface area contributed by atoms with Crippen molar-refractivity contribution in [1.29, 1.82) is 0 Å². The van der Waals surface area contributed by atoms with E-state index in [0.29, 0.717) is 10.9 Å². The number of amides is 1. The number of carbonyl (C=O) groups is 1. The Balaban J connectivity index is 2.46. The maximum Gasteiger partial charge on any atom is 0.255 e. The largest absolute Gasteiger partial charge is 0.334 e. The first-order valence-electron chi connectivity index (χ1n) is 12.6. The smallest absolute Gasteiger partial charge is 0.255 e. The molecule has 0 aliphatic rings. The van der Waals surface area contributed by atoms with Crippen LogP contribution in [0.4, 0.5) is 0 Å². The molecule has 0 saturated heterocycles. The summed E-state index contributed by atoms with van der Waals surface area (Å²) in [6.07, 6.45) is 0. The lowest BCUT2D eigenvalue weighted by Gasteiger charge is -2.35. The Morgan fingerprint density at radius 3 is 1.57 bits per heavy atom. The van der Waals surface area contributed by atoms with Crippen molar-refractivity contribution < 1.29 is 9.36 Å². The van der Waals surface area contributed by atoms with Crippen molar-refractivity contribution in [2.45, 2.75) is 71.9 Å². The van der Waals surface area contributed by atoms with E-state index in [-0.39, 0.29) is 23.5 Å². The Labute approximate surface area is 213 Å². The Morgan fingerprint density at radius 2 is 1.17 bits per heavy atom. The molecule has 1 amide bonds. The van der Waals surface area contributed by atoms with Gasteiger partial charge in [0.25, 0.3) is 5.91 Å². The molecule has 0 heterocycles. The van der Waals surface area contributed by atoms with Crippen molar-refractivity contribution in [3.05, 3.63) is 90.0 Å². The Hall–Kier alpha value is -2.42. The van der Waals surface area contributed by atoms with Crippen LogP contribution in [-0.2, 0) is 4.57 Å². The fraction of sp³-hybridized carbons (Fsp3) is 0.367. The van der Waals surface area contributed by atoms with Crippen LogP contribution in [0.3, 0.4) is 0 Å². The van der Waals surface area contributed by atoms with Crippen molar-refractivity contribution in [3.8, 4) is 0 Å². The second-order valence-electron chi connectivity index (χ2n) is 11.0. The second-order valence-corrected chi connectivity index (χ2v) is 19.3. The lowest BCUT2D eigenvalue weighted by Crippen LogP contribution is -2.45. The van der Waals surface area contributed by atoms with Crippen LogP contribution >= 0.6 is 7.14 Å². The molecule has 3 nitrogen and oxygen atoms in total. The Morgan fingerprint density at radius 1 is 0.714 bits per heavy atom. The van der Waals surface area contributed by atoms with Gasteiger partial charge in [-0.2, -0.15) is 0 Å². The van der Waals surface area contributed by atoms with E-state index in [2.05, 4.69) is 60.3 Å². The third-order valence-electron chi connectivity index (χ3n) is 6.98. The van der Waals surface area contributed by atoms with Crippen LogP contribution in [0.5, 0.6) is 0 Å². The fourth-order valence-electron chi connectivity index (χ4n) is 4.78. The summed E-state index contributed by atoms with van der Waals surface area (Å²) in [6.45, 7) is 17.4. The average Bonchev–Trinajstić information content (AvgIpc) is 2.82. The molecule has 1 atom stereocenters. The van der Waals surface area contributed by atoms with Gasteiger partial charge in [-0.05, 0) is 38.8 Å². The van der Waals surface area contributed by atoms with Crippen molar-refractivity contribution in [2.24, 2.45) is 0 Å². The molecule has 0 aromatic heterocycles. The summed E-state index contributed by atoms with van der Waals surface area (Å²) in [5.41, 5.74) is 1.87. The highest BCUT2D eigenvalue weighted by Gasteiger charge is 2.38. The quantitative estimate of drug-likeness (QED) is 0.257. The molecule has 5 heteroatoms. The maximum absolute atomic E-state index is 15.4. The second kappa shape index (κ2) is 10.7. The SMILES string of the molecule is CC(C)N(C(=O)c1c([C@H](C)[Si](C)(C)C)cccc1P(=O)(c1ccccc1)c1ccccc1)C(C)C. The molecule has 0 spiro atoms. The van der Waals surface area contributed by atoms with E-state index < -0.39 is 15.2 Å². The Kier molecular flexibility index (Phi) is 8.29. The zero-order valence-electron chi connectivity index (χ0n) is 22.4. The predicted octanol–water partition coefficient (Wildman–Crippen LogP) is 6.57. The summed E-state index contributed by atoms with van der Waals surface area (Å²) in [4.78, 5) is 16.4. The van der Waals surface area contributed by atoms with Crippen molar-refractivity contribution in [1.82, 2.24) is 4.90 Å². The molecule has 3 aromatic rings. The molecule has 0 radical (unpaired) electrons. The van der Waals surface area contributed by atoms with Gasteiger partial charge in [-0.25, -0.2) is 0 Å². The van der Waals surface area contributed by atoms with Gasteiger partial charge in [0.1, 0.15) is 0 Å². The van der Waals surface area contributed by atoms with Gasteiger partial charge >= 0.3 is 0 Å². The van der Waals surface area contributed by atoms with Gasteiger partial charge < -0.3 is 9.46 Å². The fourth-order valence-corrected chi connectivity index (χ4v) is 8.83. The van der Waals surface area contributed by atoms with Crippen molar-refractivity contribution in [3.63, 3.8) is 0 Å². The molecule has 0 unspecified atom stereocenters. The molecule has 35 heavy (non-hydrogen) atoms. The average molecular weight is 506 g/mol. The number of carbonyl (C=O) groups excluding carboxylic acids is 1. The van der Waals surface area contributed by atoms with E-state index in [1.807, 2.05) is 77.7 Å². The topological polar surface area (TPSA) is 37.4 Å². The summed E-state index contributed by atoms with van der Waals surface area (Å²) < 4.78 is 15.4. The first-order valence-corrected chi connectivity index (χ1v) is 17.9. The van der Waals surface area contributed by atoms with Crippen LogP contribution in [-0.4, -0.2) is 31.0 Å². The molecule has 186 valence electrons. The number of hydrogen-bond acceptors (Lipinski definition) is 2. The summed E-state index contributed by atoms with van der Waals surface area (Å²) in [7, 11) is -4.99. The number of hydrogen-bond donors (Lipinski definition) is 0. The minimum absolute atomic E-state index is 0.0263. The molecule has 0 saturated carbocycles. The maximum atomic E-state index is 15.4. The molecule has 0 aliphatic heterocycles. The van der Waals surface area contributed by atoms with E-state index in [1.165, 1.54) is 0 Å². The summed E-state index contributed by atoms with van der Waals surface area (Å²) in [6, 6.07) is 25.4. The van der Waals surface area contributed by atoms with Crippen LogP contribution in [0.25, 0.3) is 0 Å². The third kappa shape index (κ3) is 5.39. The number of benzene rings is 3. The van der Waals surface area contributed by atoms with Gasteiger partial charge in [-0.1, -0.05) is 105 Å². The molecule has 0 bridgehead atoms. The highest BCUT2D eigenvalue weighted by molar-refractivity contribution is 7.85. The first-order chi connectivity index (χ1) is 16.4. The third-order valence-corrected chi connectivity index (χ3v) is 13.0. The Bertz CT molecular complexity index is 1150. The molecule has 3 rings (SSSR count). The van der Waals surface area contributed by atoms with Crippen LogP contribution in [0, 0.1) is 0 Å². The van der Waals surface area contributed by atoms with E-state index in [4.69, 9.17) is 0 Å². The zero-order valence-corrected chi connectivity index (χ0v) is 24.3. The lowest BCUT2D eigenvalue weighted by molar-refractivity contribution is 0.0644. The summed E-state index contributed by atoms with van der Waals surface area (Å²) in [5.74, 6) is -0.0298. The summed E-state index contributed by atoms with van der Waals surface area (Å²) in [5, 5.41) is 2.14. The first kappa shape index (κ1) is 27.2. The van der Waals surface area contributed by atoms with Crippen LogP contribution in [0.2, 0.25) is 19.6 Å². The minimum atomic E-state index is -3.32. The van der Waals surface area contributed by atoms with Crippen LogP contribution in [0.1, 0.15) is 56.1 Å². The molecular weight excluding hydrogens is 465 g/mol. The molecule has 0 N–H and O–H groups in total. The molecular formula is C30H40NO2PSi. The van der Waals surface area contributed by atoms with Crippen LogP contribution < -0.4 is 15.9 Å². The zero-order chi connectivity index (χ0) is 26.0. The summed E-state index contributed by atoms with van der Waals surface area (Å²) >= 11 is 0. The van der Waals surface area contributed by atoms with E-state index in [1.54, 1.807) is 0 Å². The number of nitrogens with zero attached hydrogens (tertiary/aromatic N) is 1. The van der Waals surface area contributed by atoms with E-state index >= 15 is 4.57 Å². The molecule has 0 aliphatic carbocycles. The highest BCUT2D eigenvalue weighted by Crippen LogP contribution is 2.45. The lowest BCUT2D eigenvalue weighted by atomic mass is 10.0. The normalized spacial score (nSPS) is 13.2. The van der Waals surface area contributed by atoms with Gasteiger partial charge in [0, 0.05) is 28.0 Å². The van der Waals surface area contributed by atoms with Crippen LogP contribution in [0.15, 0.2) is 78.9 Å². The highest BCUT2D eigenvalue weighted by atomic mass is 31.2. The van der Waals surface area contributed by atoms with Gasteiger partial charge in [-0.15, -0.1) is 0 Å². The van der Waals surface area contributed by atoms with Gasteiger partial charge in [0.2, 0.25) is 0 Å².